The van der Waals surface area contributed by atoms with E-state index in [0.29, 0.717) is 17.5 Å². The number of aromatic hydroxyl groups is 1. The summed E-state index contributed by atoms with van der Waals surface area (Å²) < 4.78 is 6.00. The van der Waals surface area contributed by atoms with Crippen molar-refractivity contribution in [2.45, 2.75) is 25.9 Å². The van der Waals surface area contributed by atoms with Gasteiger partial charge in [0.05, 0.1) is 18.3 Å². The Hall–Kier alpha value is -2.70. The van der Waals surface area contributed by atoms with Gasteiger partial charge in [-0.2, -0.15) is 0 Å². The third-order valence-electron chi connectivity index (χ3n) is 5.82. The Morgan fingerprint density at radius 3 is 2.86 bits per heavy atom. The van der Waals surface area contributed by atoms with Gasteiger partial charge in [-0.1, -0.05) is 24.3 Å². The lowest BCUT2D eigenvalue weighted by atomic mass is 9.94. The lowest BCUT2D eigenvalue weighted by Gasteiger charge is -2.28. The molecule has 29 heavy (non-hydrogen) atoms. The number of aromatic amines is 1. The molecule has 6 heteroatoms. The van der Waals surface area contributed by atoms with Gasteiger partial charge >= 0.3 is 0 Å². The fourth-order valence-electron chi connectivity index (χ4n) is 4.03. The van der Waals surface area contributed by atoms with Crippen molar-refractivity contribution in [2.24, 2.45) is 5.92 Å². The first-order valence-electron chi connectivity index (χ1n) is 10.2. The number of phenols is 1. The first kappa shape index (κ1) is 19.6. The number of piperidine rings is 1. The third kappa shape index (κ3) is 4.49. The van der Waals surface area contributed by atoms with E-state index in [0.717, 1.165) is 35.6 Å². The Labute approximate surface area is 170 Å². The number of hydrogen-bond acceptors (Lipinski definition) is 5. The first-order chi connectivity index (χ1) is 14.1. The van der Waals surface area contributed by atoms with Gasteiger partial charge < -0.3 is 19.7 Å². The summed E-state index contributed by atoms with van der Waals surface area (Å²) in [5, 5.41) is 10.7. The van der Waals surface area contributed by atoms with Gasteiger partial charge in [-0.3, -0.25) is 4.79 Å². The van der Waals surface area contributed by atoms with Crippen molar-refractivity contribution in [2.75, 3.05) is 26.7 Å². The molecular formula is C23H27N3O3. The van der Waals surface area contributed by atoms with Crippen molar-refractivity contribution in [1.82, 2.24) is 14.9 Å². The molecule has 0 atom stereocenters. The molecule has 1 aliphatic heterocycles. The smallest absolute Gasteiger partial charge is 0.258 e. The molecule has 2 N–H and O–H groups in total. The molecule has 3 aromatic rings. The maximum atomic E-state index is 12.1. The predicted molar refractivity (Wildman–Crippen MR) is 114 cm³/mol. The third-order valence-corrected chi connectivity index (χ3v) is 5.82. The summed E-state index contributed by atoms with van der Waals surface area (Å²) in [6.45, 7) is 3.60. The molecule has 2 aromatic carbocycles. The highest BCUT2D eigenvalue weighted by Gasteiger charge is 2.16. The number of H-pyrrole nitrogens is 1. The van der Waals surface area contributed by atoms with Gasteiger partial charge in [-0.05, 0) is 74.1 Å². The number of rotatable bonds is 6. The van der Waals surface area contributed by atoms with Crippen LogP contribution in [0.25, 0.3) is 22.0 Å². The van der Waals surface area contributed by atoms with Crippen LogP contribution < -0.4 is 5.56 Å². The van der Waals surface area contributed by atoms with Gasteiger partial charge in [0, 0.05) is 6.61 Å². The molecule has 0 spiro atoms. The molecule has 0 amide bonds. The maximum Gasteiger partial charge on any atom is 0.258 e. The van der Waals surface area contributed by atoms with Crippen LogP contribution in [0.15, 0.2) is 47.5 Å². The average molecular weight is 393 g/mol. The van der Waals surface area contributed by atoms with E-state index in [-0.39, 0.29) is 11.3 Å². The van der Waals surface area contributed by atoms with Gasteiger partial charge in [0.25, 0.3) is 5.56 Å². The van der Waals surface area contributed by atoms with E-state index in [1.165, 1.54) is 32.3 Å². The van der Waals surface area contributed by atoms with Gasteiger partial charge in [-0.15, -0.1) is 0 Å². The zero-order chi connectivity index (χ0) is 20.2. The van der Waals surface area contributed by atoms with Crippen molar-refractivity contribution in [3.05, 3.63) is 58.6 Å². The van der Waals surface area contributed by atoms with E-state index < -0.39 is 0 Å². The van der Waals surface area contributed by atoms with Crippen LogP contribution in [0.3, 0.4) is 0 Å². The fraction of sp³-hybridized carbons (Fsp3) is 0.391. The number of benzene rings is 2. The van der Waals surface area contributed by atoms with E-state index in [4.69, 9.17) is 4.74 Å². The van der Waals surface area contributed by atoms with Gasteiger partial charge in [0.1, 0.15) is 11.3 Å². The van der Waals surface area contributed by atoms with Gasteiger partial charge in [0.2, 0.25) is 0 Å². The zero-order valence-electron chi connectivity index (χ0n) is 16.7. The van der Waals surface area contributed by atoms with Crippen LogP contribution in [0.5, 0.6) is 5.75 Å². The molecule has 4 rings (SSSR count). The highest BCUT2D eigenvalue weighted by molar-refractivity contribution is 5.89. The molecule has 0 bridgehead atoms. The quantitative estimate of drug-likeness (QED) is 0.626. The summed E-state index contributed by atoms with van der Waals surface area (Å²) in [4.78, 5) is 21.2. The maximum absolute atomic E-state index is 12.1. The minimum atomic E-state index is -0.265. The molecule has 1 fully saturated rings. The predicted octanol–water partition coefficient (Wildman–Crippen LogP) is 3.54. The van der Waals surface area contributed by atoms with Crippen LogP contribution in [0, 0.1) is 5.92 Å². The van der Waals surface area contributed by atoms with Crippen molar-refractivity contribution < 1.29 is 9.84 Å². The second kappa shape index (κ2) is 8.76. The fourth-order valence-corrected chi connectivity index (χ4v) is 4.03. The minimum absolute atomic E-state index is 0.00147. The second-order valence-electron chi connectivity index (χ2n) is 7.87. The normalized spacial score (nSPS) is 15.8. The number of hydrogen-bond donors (Lipinski definition) is 2. The van der Waals surface area contributed by atoms with E-state index in [9.17, 15) is 9.90 Å². The van der Waals surface area contributed by atoms with Crippen LogP contribution in [-0.4, -0.2) is 46.7 Å². The van der Waals surface area contributed by atoms with Crippen molar-refractivity contribution in [3.63, 3.8) is 0 Å². The van der Waals surface area contributed by atoms with Crippen molar-refractivity contribution in [3.8, 4) is 16.9 Å². The number of nitrogens with zero attached hydrogens (tertiary/aromatic N) is 2. The largest absolute Gasteiger partial charge is 0.506 e. The molecule has 0 aliphatic carbocycles. The molecule has 0 unspecified atom stereocenters. The van der Waals surface area contributed by atoms with Crippen molar-refractivity contribution in [1.29, 1.82) is 0 Å². The SMILES string of the molecule is CN1CCC(CCOCc2ccccc2-c2cc(O)c3nc[nH]c(=O)c3c2)CC1. The highest BCUT2D eigenvalue weighted by atomic mass is 16.5. The number of nitrogens with one attached hydrogen (secondary N) is 1. The Balaban J connectivity index is 1.48. The molecule has 6 nitrogen and oxygen atoms in total. The molecule has 0 saturated carbocycles. The van der Waals surface area contributed by atoms with E-state index in [1.54, 1.807) is 12.1 Å². The Kier molecular flexibility index (Phi) is 5.92. The standard InChI is InChI=1S/C23H27N3O3/c1-26-9-6-16(7-10-26)8-11-29-14-17-4-2-3-5-19(17)18-12-20-22(21(27)13-18)24-15-25-23(20)28/h2-5,12-13,15-16,27H,6-11,14H2,1H3,(H,24,25,28). The summed E-state index contributed by atoms with van der Waals surface area (Å²) in [6, 6.07) is 11.4. The molecular weight excluding hydrogens is 366 g/mol. The van der Waals surface area contributed by atoms with E-state index in [2.05, 4.69) is 21.9 Å². The van der Waals surface area contributed by atoms with Crippen LogP contribution in [0.4, 0.5) is 0 Å². The van der Waals surface area contributed by atoms with Crippen molar-refractivity contribution >= 4 is 10.9 Å². The molecule has 152 valence electrons. The lowest BCUT2D eigenvalue weighted by Crippen LogP contribution is -2.30. The number of ether oxygens (including phenoxy) is 1. The molecule has 2 heterocycles. The number of fused-ring (bicyclic) bond motifs is 1. The number of aromatic nitrogens is 2. The van der Waals surface area contributed by atoms with Crippen LogP contribution >= 0.6 is 0 Å². The lowest BCUT2D eigenvalue weighted by molar-refractivity contribution is 0.0950. The highest BCUT2D eigenvalue weighted by Crippen LogP contribution is 2.31. The van der Waals surface area contributed by atoms with Gasteiger partial charge in [0.15, 0.2) is 0 Å². The van der Waals surface area contributed by atoms with E-state index >= 15 is 0 Å². The zero-order valence-corrected chi connectivity index (χ0v) is 16.7. The Bertz CT molecular complexity index is 1040. The van der Waals surface area contributed by atoms with Gasteiger partial charge in [-0.25, -0.2) is 4.98 Å². The van der Waals surface area contributed by atoms with Crippen LogP contribution in [0.2, 0.25) is 0 Å². The topological polar surface area (TPSA) is 78.5 Å². The molecule has 1 aliphatic rings. The molecule has 1 aromatic heterocycles. The summed E-state index contributed by atoms with van der Waals surface area (Å²) in [5.74, 6) is 0.750. The monoisotopic (exact) mass is 393 g/mol. The van der Waals surface area contributed by atoms with E-state index in [1.807, 2.05) is 24.3 Å². The number of phenolic OH excluding ortho intramolecular Hbond substituents is 1. The number of likely N-dealkylation sites (tertiary alicyclic amines) is 1. The summed E-state index contributed by atoms with van der Waals surface area (Å²) in [7, 11) is 2.18. The summed E-state index contributed by atoms with van der Waals surface area (Å²) in [6.07, 6.45) is 4.88. The minimum Gasteiger partial charge on any atom is -0.506 e. The Morgan fingerprint density at radius 1 is 1.24 bits per heavy atom. The summed E-state index contributed by atoms with van der Waals surface area (Å²) >= 11 is 0. The Morgan fingerprint density at radius 2 is 2.03 bits per heavy atom. The van der Waals surface area contributed by atoms with Crippen LogP contribution in [-0.2, 0) is 11.3 Å². The first-order valence-corrected chi connectivity index (χ1v) is 10.2. The molecule has 1 saturated heterocycles. The second-order valence-corrected chi connectivity index (χ2v) is 7.87. The molecule has 0 radical (unpaired) electrons. The summed E-state index contributed by atoms with van der Waals surface area (Å²) in [5.41, 5.74) is 2.81. The van der Waals surface area contributed by atoms with Crippen LogP contribution in [0.1, 0.15) is 24.8 Å². The average Bonchev–Trinajstić information content (AvgIpc) is 2.73.